The topological polar surface area (TPSA) is 79.0 Å². The second kappa shape index (κ2) is 9.59. The maximum Gasteiger partial charge on any atom is 0.312 e. The van der Waals surface area contributed by atoms with Crippen molar-refractivity contribution in [3.05, 3.63) is 59.4 Å². The van der Waals surface area contributed by atoms with Crippen LogP contribution in [0.15, 0.2) is 42.5 Å². The molecular weight excluding hydrogens is 401 g/mol. The van der Waals surface area contributed by atoms with Crippen LogP contribution in [0.2, 0.25) is 0 Å². The molecule has 1 N–H and O–H groups in total. The normalized spacial score (nSPS) is 15.1. The van der Waals surface area contributed by atoms with Gasteiger partial charge in [0.1, 0.15) is 17.6 Å². The molecule has 2 aromatic carbocycles. The highest BCUT2D eigenvalue weighted by Crippen LogP contribution is 2.26. The summed E-state index contributed by atoms with van der Waals surface area (Å²) in [7, 11) is 1.51. The van der Waals surface area contributed by atoms with Crippen LogP contribution in [0.25, 0.3) is 0 Å². The number of amides is 3. The zero-order chi connectivity index (χ0) is 22.5. The Kier molecular flexibility index (Phi) is 6.89. The van der Waals surface area contributed by atoms with Crippen molar-refractivity contribution >= 4 is 23.4 Å². The molecule has 0 saturated carbocycles. The van der Waals surface area contributed by atoms with Crippen LogP contribution in [-0.2, 0) is 20.9 Å². The van der Waals surface area contributed by atoms with E-state index in [4.69, 9.17) is 4.74 Å². The first-order chi connectivity index (χ1) is 14.8. The molecule has 2 aromatic rings. The average Bonchev–Trinajstić information content (AvgIpc) is 2.75. The van der Waals surface area contributed by atoms with Crippen LogP contribution < -0.4 is 10.1 Å². The van der Waals surface area contributed by atoms with Crippen LogP contribution in [0, 0.1) is 12.7 Å². The van der Waals surface area contributed by atoms with Gasteiger partial charge in [0.15, 0.2) is 0 Å². The van der Waals surface area contributed by atoms with Crippen LogP contribution in [0.3, 0.4) is 0 Å². The number of rotatable bonds is 7. The minimum atomic E-state index is -0.783. The number of nitrogens with zero attached hydrogens (tertiary/aromatic N) is 2. The average molecular weight is 427 g/mol. The van der Waals surface area contributed by atoms with Crippen molar-refractivity contribution in [1.82, 2.24) is 9.80 Å². The van der Waals surface area contributed by atoms with Gasteiger partial charge < -0.3 is 19.9 Å². The van der Waals surface area contributed by atoms with Crippen molar-refractivity contribution in [2.75, 3.05) is 25.5 Å². The highest BCUT2D eigenvalue weighted by atomic mass is 19.1. The van der Waals surface area contributed by atoms with E-state index in [0.717, 1.165) is 11.1 Å². The van der Waals surface area contributed by atoms with Crippen molar-refractivity contribution in [2.45, 2.75) is 32.9 Å². The lowest BCUT2D eigenvalue weighted by atomic mass is 10.1. The summed E-state index contributed by atoms with van der Waals surface area (Å²) in [6, 6.07) is 10.4. The molecule has 1 saturated heterocycles. The molecule has 1 fully saturated rings. The number of piperazine rings is 1. The molecule has 164 valence electrons. The van der Waals surface area contributed by atoms with Gasteiger partial charge in [0.25, 0.3) is 0 Å². The molecule has 3 amide bonds. The lowest BCUT2D eigenvalue weighted by Crippen LogP contribution is -2.59. The number of nitrogens with one attached hydrogen (secondary N) is 1. The molecule has 0 aliphatic carbocycles. The predicted octanol–water partition coefficient (Wildman–Crippen LogP) is 2.73. The SMILES string of the molecule is CC[C@H](C(=O)Nc1cc(C)ccc1OC)N1CCN(Cc2ccc(F)cc2)C(=O)C1=O. The smallest absolute Gasteiger partial charge is 0.312 e. The Morgan fingerprint density at radius 3 is 2.48 bits per heavy atom. The summed E-state index contributed by atoms with van der Waals surface area (Å²) in [6.45, 7) is 4.43. The molecule has 31 heavy (non-hydrogen) atoms. The van der Waals surface area contributed by atoms with Crippen molar-refractivity contribution < 1.29 is 23.5 Å². The minimum absolute atomic E-state index is 0.210. The molecule has 7 nitrogen and oxygen atoms in total. The third kappa shape index (κ3) is 5.02. The first-order valence-corrected chi connectivity index (χ1v) is 10.1. The Morgan fingerprint density at radius 2 is 1.84 bits per heavy atom. The predicted molar refractivity (Wildman–Crippen MR) is 114 cm³/mol. The molecule has 0 radical (unpaired) electrons. The Balaban J connectivity index is 1.70. The monoisotopic (exact) mass is 427 g/mol. The van der Waals surface area contributed by atoms with Gasteiger partial charge in [-0.3, -0.25) is 14.4 Å². The van der Waals surface area contributed by atoms with Gasteiger partial charge in [-0.1, -0.05) is 25.1 Å². The largest absolute Gasteiger partial charge is 0.495 e. The number of methoxy groups -OCH3 is 1. The zero-order valence-corrected chi connectivity index (χ0v) is 17.9. The van der Waals surface area contributed by atoms with Gasteiger partial charge >= 0.3 is 11.8 Å². The third-order valence-electron chi connectivity index (χ3n) is 5.31. The van der Waals surface area contributed by atoms with Gasteiger partial charge in [0.2, 0.25) is 5.91 Å². The molecule has 3 rings (SSSR count). The van der Waals surface area contributed by atoms with E-state index in [2.05, 4.69) is 5.32 Å². The Hall–Kier alpha value is -3.42. The quantitative estimate of drug-likeness (QED) is 0.690. The number of anilines is 1. The first kappa shape index (κ1) is 22.3. The Bertz CT molecular complexity index is 977. The van der Waals surface area contributed by atoms with E-state index in [1.165, 1.54) is 29.0 Å². The molecule has 0 bridgehead atoms. The molecule has 1 aliphatic rings. The van der Waals surface area contributed by atoms with Crippen LogP contribution in [0.4, 0.5) is 10.1 Å². The summed E-state index contributed by atoms with van der Waals surface area (Å²) in [5, 5.41) is 2.82. The summed E-state index contributed by atoms with van der Waals surface area (Å²) >= 11 is 0. The second-order valence-electron chi connectivity index (χ2n) is 7.47. The number of carbonyl (C=O) groups is 3. The molecule has 0 aromatic heterocycles. The van der Waals surface area contributed by atoms with E-state index in [1.54, 1.807) is 31.2 Å². The lowest BCUT2D eigenvalue weighted by molar-refractivity contribution is -0.159. The Morgan fingerprint density at radius 1 is 1.13 bits per heavy atom. The summed E-state index contributed by atoms with van der Waals surface area (Å²) in [6.07, 6.45) is 0.358. The van der Waals surface area contributed by atoms with Crippen molar-refractivity contribution in [2.24, 2.45) is 0 Å². The molecule has 1 aliphatic heterocycles. The van der Waals surface area contributed by atoms with E-state index in [0.29, 0.717) is 24.4 Å². The summed E-state index contributed by atoms with van der Waals surface area (Å²) in [5.41, 5.74) is 2.19. The number of carbonyl (C=O) groups excluding carboxylic acids is 3. The van der Waals surface area contributed by atoms with Crippen molar-refractivity contribution in [3.8, 4) is 5.75 Å². The van der Waals surface area contributed by atoms with Gasteiger partial charge in [-0.15, -0.1) is 0 Å². The zero-order valence-electron chi connectivity index (χ0n) is 17.9. The Labute approximate surface area is 180 Å². The van der Waals surface area contributed by atoms with E-state index >= 15 is 0 Å². The van der Waals surface area contributed by atoms with Crippen LogP contribution in [0.1, 0.15) is 24.5 Å². The minimum Gasteiger partial charge on any atom is -0.495 e. The van der Waals surface area contributed by atoms with Gasteiger partial charge in [-0.05, 0) is 48.7 Å². The van der Waals surface area contributed by atoms with Crippen LogP contribution in [0.5, 0.6) is 5.75 Å². The third-order valence-corrected chi connectivity index (χ3v) is 5.31. The maximum atomic E-state index is 13.1. The highest BCUT2D eigenvalue weighted by Gasteiger charge is 2.38. The van der Waals surface area contributed by atoms with E-state index in [1.807, 2.05) is 13.0 Å². The molecule has 0 unspecified atom stereocenters. The molecule has 8 heteroatoms. The standard InChI is InChI=1S/C23H26FN3O4/c1-4-19(21(28)25-18-13-15(2)5-10-20(18)31-3)27-12-11-26(22(29)23(27)30)14-16-6-8-17(24)9-7-16/h5-10,13,19H,4,11-12,14H2,1-3H3,(H,25,28)/t19-/m1/s1. The number of aryl methyl sites for hydroxylation is 1. The highest BCUT2D eigenvalue weighted by molar-refractivity contribution is 6.35. The van der Waals surface area contributed by atoms with Crippen LogP contribution >= 0.6 is 0 Å². The number of benzene rings is 2. The van der Waals surface area contributed by atoms with Gasteiger partial charge in [0, 0.05) is 19.6 Å². The number of halogens is 1. The fraction of sp³-hybridized carbons (Fsp3) is 0.348. The van der Waals surface area contributed by atoms with Gasteiger partial charge in [0.05, 0.1) is 12.8 Å². The van der Waals surface area contributed by atoms with E-state index < -0.39 is 17.9 Å². The molecular formula is C23H26FN3O4. The summed E-state index contributed by atoms with van der Waals surface area (Å²) in [5.74, 6) is -1.61. The van der Waals surface area contributed by atoms with Gasteiger partial charge in [-0.2, -0.15) is 0 Å². The molecule has 1 atom stereocenters. The van der Waals surface area contributed by atoms with Crippen molar-refractivity contribution in [1.29, 1.82) is 0 Å². The number of ether oxygens (including phenoxy) is 1. The fourth-order valence-electron chi connectivity index (χ4n) is 3.63. The summed E-state index contributed by atoms with van der Waals surface area (Å²) < 4.78 is 18.4. The molecule has 0 spiro atoms. The second-order valence-corrected chi connectivity index (χ2v) is 7.47. The number of hydrogen-bond acceptors (Lipinski definition) is 4. The lowest BCUT2D eigenvalue weighted by Gasteiger charge is -2.37. The van der Waals surface area contributed by atoms with Gasteiger partial charge in [-0.25, -0.2) is 4.39 Å². The van der Waals surface area contributed by atoms with E-state index in [9.17, 15) is 18.8 Å². The first-order valence-electron chi connectivity index (χ1n) is 10.1. The number of hydrogen-bond donors (Lipinski definition) is 1. The molecule has 1 heterocycles. The van der Waals surface area contributed by atoms with Crippen molar-refractivity contribution in [3.63, 3.8) is 0 Å². The van der Waals surface area contributed by atoms with E-state index in [-0.39, 0.29) is 24.8 Å². The fourth-order valence-corrected chi connectivity index (χ4v) is 3.63. The summed E-state index contributed by atoms with van der Waals surface area (Å²) in [4.78, 5) is 41.1. The maximum absolute atomic E-state index is 13.1. The van der Waals surface area contributed by atoms with Crippen LogP contribution in [-0.4, -0.2) is 53.8 Å².